The fourth-order valence-corrected chi connectivity index (χ4v) is 4.35. The molecule has 1 aliphatic rings. The van der Waals surface area contributed by atoms with Gasteiger partial charge in [-0.05, 0) is 54.3 Å². The van der Waals surface area contributed by atoms with E-state index in [0.717, 1.165) is 23.2 Å². The summed E-state index contributed by atoms with van der Waals surface area (Å²) in [5.74, 6) is -0.257. The molecular formula is C28H28N4O2. The number of nitriles is 1. The molecule has 1 aliphatic heterocycles. The van der Waals surface area contributed by atoms with E-state index in [1.807, 2.05) is 79.7 Å². The lowest BCUT2D eigenvalue weighted by Gasteiger charge is -2.36. The van der Waals surface area contributed by atoms with Gasteiger partial charge < -0.3 is 10.2 Å². The Balaban J connectivity index is 1.43. The monoisotopic (exact) mass is 452 g/mol. The number of amides is 3. The molecule has 1 heterocycles. The van der Waals surface area contributed by atoms with Gasteiger partial charge in [-0.15, -0.1) is 0 Å². The first kappa shape index (κ1) is 23.1. The molecule has 6 nitrogen and oxygen atoms in total. The molecule has 1 fully saturated rings. The van der Waals surface area contributed by atoms with Crippen LogP contribution in [0.5, 0.6) is 0 Å². The Morgan fingerprint density at radius 3 is 2.41 bits per heavy atom. The molecule has 1 atom stereocenters. The minimum absolute atomic E-state index is 0.0437. The van der Waals surface area contributed by atoms with Crippen molar-refractivity contribution in [3.05, 3.63) is 95.6 Å². The molecule has 0 radical (unpaired) electrons. The number of nitrogens with zero attached hydrogens (tertiary/aromatic N) is 3. The molecule has 3 amide bonds. The average molecular weight is 453 g/mol. The second-order valence-corrected chi connectivity index (χ2v) is 8.39. The highest BCUT2D eigenvalue weighted by molar-refractivity contribution is 5.97. The number of urea groups is 1. The van der Waals surface area contributed by atoms with E-state index in [1.165, 1.54) is 0 Å². The summed E-state index contributed by atoms with van der Waals surface area (Å²) in [6, 6.07) is 26.7. The molecule has 3 aromatic rings. The number of benzene rings is 3. The Hall–Kier alpha value is -4.11. The fourth-order valence-electron chi connectivity index (χ4n) is 4.35. The Morgan fingerprint density at radius 2 is 1.71 bits per heavy atom. The summed E-state index contributed by atoms with van der Waals surface area (Å²) in [6.07, 6.45) is 1.55. The zero-order valence-corrected chi connectivity index (χ0v) is 19.3. The summed E-state index contributed by atoms with van der Waals surface area (Å²) < 4.78 is 0. The molecule has 0 aliphatic carbocycles. The SMILES string of the molecule is CCC(C(=O)Nc1ccc(N2CCCN(Cc3ccccc3C#N)C2=O)cc1)c1ccccc1. The van der Waals surface area contributed by atoms with Gasteiger partial charge in [-0.2, -0.15) is 5.26 Å². The van der Waals surface area contributed by atoms with E-state index < -0.39 is 0 Å². The zero-order valence-electron chi connectivity index (χ0n) is 19.3. The maximum Gasteiger partial charge on any atom is 0.324 e. The zero-order chi connectivity index (χ0) is 23.9. The number of anilines is 2. The van der Waals surface area contributed by atoms with Crippen LogP contribution in [0, 0.1) is 11.3 Å². The smallest absolute Gasteiger partial charge is 0.324 e. The topological polar surface area (TPSA) is 76.4 Å². The summed E-state index contributed by atoms with van der Waals surface area (Å²) in [7, 11) is 0. The van der Waals surface area contributed by atoms with Gasteiger partial charge in [0.1, 0.15) is 0 Å². The highest BCUT2D eigenvalue weighted by atomic mass is 16.2. The largest absolute Gasteiger partial charge is 0.326 e. The molecule has 0 bridgehead atoms. The number of carbonyl (C=O) groups is 2. The first-order valence-electron chi connectivity index (χ1n) is 11.6. The highest BCUT2D eigenvalue weighted by Crippen LogP contribution is 2.26. The summed E-state index contributed by atoms with van der Waals surface area (Å²) in [4.78, 5) is 29.6. The number of rotatable bonds is 7. The van der Waals surface area contributed by atoms with E-state index in [2.05, 4.69) is 11.4 Å². The van der Waals surface area contributed by atoms with Crippen LogP contribution >= 0.6 is 0 Å². The van der Waals surface area contributed by atoms with E-state index >= 15 is 0 Å². The molecule has 4 rings (SSSR count). The van der Waals surface area contributed by atoms with Gasteiger partial charge in [0.15, 0.2) is 0 Å². The van der Waals surface area contributed by atoms with E-state index in [4.69, 9.17) is 0 Å². The average Bonchev–Trinajstić information content (AvgIpc) is 2.87. The van der Waals surface area contributed by atoms with Crippen molar-refractivity contribution in [2.45, 2.75) is 32.2 Å². The molecule has 1 N–H and O–H groups in total. The Morgan fingerprint density at radius 1 is 1.00 bits per heavy atom. The van der Waals surface area contributed by atoms with E-state index in [1.54, 1.807) is 15.9 Å². The standard InChI is InChI=1S/C28H28N4O2/c1-2-26(21-9-4-3-5-10-21)27(33)30-24-13-15-25(16-14-24)32-18-8-17-31(28(32)34)20-23-12-7-6-11-22(23)19-29/h3-7,9-16,26H,2,8,17-18,20H2,1H3,(H,30,33). The van der Waals surface area contributed by atoms with E-state index in [-0.39, 0.29) is 17.9 Å². The van der Waals surface area contributed by atoms with Crippen molar-refractivity contribution < 1.29 is 9.59 Å². The van der Waals surface area contributed by atoms with Crippen molar-refractivity contribution in [2.75, 3.05) is 23.3 Å². The maximum absolute atomic E-state index is 13.2. The third kappa shape index (κ3) is 5.10. The van der Waals surface area contributed by atoms with Crippen LogP contribution in [-0.4, -0.2) is 29.9 Å². The first-order valence-corrected chi connectivity index (χ1v) is 11.6. The molecule has 172 valence electrons. The van der Waals surface area contributed by atoms with Gasteiger partial charge in [0.25, 0.3) is 0 Å². The molecule has 3 aromatic carbocycles. The number of nitrogens with one attached hydrogen (secondary N) is 1. The molecular weight excluding hydrogens is 424 g/mol. The minimum atomic E-state index is -0.214. The van der Waals surface area contributed by atoms with Gasteiger partial charge in [0.05, 0.1) is 17.6 Å². The molecule has 0 saturated carbocycles. The van der Waals surface area contributed by atoms with E-state index in [9.17, 15) is 14.9 Å². The predicted octanol–water partition coefficient (Wildman–Crippen LogP) is 5.52. The van der Waals surface area contributed by atoms with Crippen LogP contribution in [0.1, 0.15) is 42.4 Å². The van der Waals surface area contributed by atoms with Gasteiger partial charge >= 0.3 is 6.03 Å². The third-order valence-electron chi connectivity index (χ3n) is 6.18. The van der Waals surface area contributed by atoms with Crippen molar-refractivity contribution in [2.24, 2.45) is 0 Å². The lowest BCUT2D eigenvalue weighted by molar-refractivity contribution is -0.117. The van der Waals surface area contributed by atoms with Crippen LogP contribution in [-0.2, 0) is 11.3 Å². The number of hydrogen-bond donors (Lipinski definition) is 1. The Kier molecular flexibility index (Phi) is 7.24. The second-order valence-electron chi connectivity index (χ2n) is 8.39. The van der Waals surface area contributed by atoms with Crippen LogP contribution in [0.3, 0.4) is 0 Å². The van der Waals surface area contributed by atoms with Crippen LogP contribution in [0.2, 0.25) is 0 Å². The normalized spacial score (nSPS) is 14.4. The molecule has 0 aromatic heterocycles. The van der Waals surface area contributed by atoms with Crippen molar-refractivity contribution in [1.82, 2.24) is 4.90 Å². The lowest BCUT2D eigenvalue weighted by Crippen LogP contribution is -2.49. The number of hydrogen-bond acceptors (Lipinski definition) is 3. The number of carbonyl (C=O) groups excluding carboxylic acids is 2. The molecule has 34 heavy (non-hydrogen) atoms. The van der Waals surface area contributed by atoms with Crippen LogP contribution in [0.4, 0.5) is 16.2 Å². The summed E-state index contributed by atoms with van der Waals surface area (Å²) in [5, 5.41) is 12.4. The van der Waals surface area contributed by atoms with Crippen LogP contribution in [0.15, 0.2) is 78.9 Å². The molecule has 0 spiro atoms. The first-order chi connectivity index (χ1) is 16.6. The molecule has 6 heteroatoms. The summed E-state index contributed by atoms with van der Waals surface area (Å²) in [6.45, 7) is 3.70. The van der Waals surface area contributed by atoms with Gasteiger partial charge in [-0.1, -0.05) is 55.5 Å². The van der Waals surface area contributed by atoms with Gasteiger partial charge in [-0.25, -0.2) is 4.79 Å². The van der Waals surface area contributed by atoms with Crippen LogP contribution < -0.4 is 10.2 Å². The molecule has 1 unspecified atom stereocenters. The fraction of sp³-hybridized carbons (Fsp3) is 0.250. The highest BCUT2D eigenvalue weighted by Gasteiger charge is 2.27. The van der Waals surface area contributed by atoms with Crippen molar-refractivity contribution in [3.8, 4) is 6.07 Å². The second kappa shape index (κ2) is 10.7. The van der Waals surface area contributed by atoms with Crippen LogP contribution in [0.25, 0.3) is 0 Å². The van der Waals surface area contributed by atoms with E-state index in [0.29, 0.717) is 37.3 Å². The predicted molar refractivity (Wildman–Crippen MR) is 133 cm³/mol. The lowest BCUT2D eigenvalue weighted by atomic mass is 9.95. The van der Waals surface area contributed by atoms with Gasteiger partial charge in [-0.3, -0.25) is 9.69 Å². The third-order valence-corrected chi connectivity index (χ3v) is 6.18. The van der Waals surface area contributed by atoms with Crippen molar-refractivity contribution >= 4 is 23.3 Å². The summed E-state index contributed by atoms with van der Waals surface area (Å²) in [5.41, 5.74) is 3.93. The summed E-state index contributed by atoms with van der Waals surface area (Å²) >= 11 is 0. The Labute approximate surface area is 200 Å². The minimum Gasteiger partial charge on any atom is -0.326 e. The van der Waals surface area contributed by atoms with Gasteiger partial charge in [0, 0.05) is 31.0 Å². The molecule has 1 saturated heterocycles. The Bertz CT molecular complexity index is 1190. The quantitative estimate of drug-likeness (QED) is 0.513. The van der Waals surface area contributed by atoms with Crippen molar-refractivity contribution in [1.29, 1.82) is 5.26 Å². The van der Waals surface area contributed by atoms with Gasteiger partial charge in [0.2, 0.25) is 5.91 Å². The maximum atomic E-state index is 13.2. The van der Waals surface area contributed by atoms with Crippen molar-refractivity contribution in [3.63, 3.8) is 0 Å².